The monoisotopic (exact) mass is 260 g/mol. The predicted molar refractivity (Wildman–Crippen MR) is 73.7 cm³/mol. The molecule has 1 rings (SSSR count). The SMILES string of the molecule is C/C=C(/C=C(\C)c1cc(F)c(C(C)=O)cc1C)N=N. The summed E-state index contributed by atoms with van der Waals surface area (Å²) in [5.41, 5.74) is 9.94. The third-order valence-electron chi connectivity index (χ3n) is 2.91. The van der Waals surface area contributed by atoms with E-state index in [1.807, 2.05) is 13.8 Å². The van der Waals surface area contributed by atoms with Crippen LogP contribution in [0.3, 0.4) is 0 Å². The normalized spacial score (nSPS) is 12.5. The van der Waals surface area contributed by atoms with Crippen molar-refractivity contribution in [2.45, 2.75) is 27.7 Å². The smallest absolute Gasteiger partial charge is 0.162 e. The molecule has 3 nitrogen and oxygen atoms in total. The summed E-state index contributed by atoms with van der Waals surface area (Å²) in [5, 5.41) is 3.36. The van der Waals surface area contributed by atoms with Crippen LogP contribution in [0.2, 0.25) is 0 Å². The summed E-state index contributed by atoms with van der Waals surface area (Å²) in [4.78, 5) is 11.3. The number of carbonyl (C=O) groups is 1. The minimum atomic E-state index is -0.523. The number of nitrogens with zero attached hydrogens (tertiary/aromatic N) is 1. The molecular formula is C15H17FN2O. The van der Waals surface area contributed by atoms with Gasteiger partial charge < -0.3 is 0 Å². The molecule has 4 heteroatoms. The van der Waals surface area contributed by atoms with Crippen molar-refractivity contribution in [2.24, 2.45) is 5.11 Å². The average molecular weight is 260 g/mol. The number of rotatable bonds is 4. The summed E-state index contributed by atoms with van der Waals surface area (Å²) in [5.74, 6) is -0.810. The van der Waals surface area contributed by atoms with Crippen molar-refractivity contribution >= 4 is 11.4 Å². The van der Waals surface area contributed by atoms with Gasteiger partial charge in [-0.3, -0.25) is 4.79 Å². The fourth-order valence-electron chi connectivity index (χ4n) is 1.86. The Hall–Kier alpha value is -2.10. The van der Waals surface area contributed by atoms with Crippen LogP contribution in [-0.2, 0) is 0 Å². The van der Waals surface area contributed by atoms with E-state index in [0.717, 1.165) is 11.1 Å². The Morgan fingerprint density at radius 2 is 1.95 bits per heavy atom. The van der Waals surface area contributed by atoms with Gasteiger partial charge in [0.1, 0.15) is 5.82 Å². The maximum atomic E-state index is 13.8. The van der Waals surface area contributed by atoms with Crippen LogP contribution in [0.25, 0.3) is 5.57 Å². The van der Waals surface area contributed by atoms with Crippen LogP contribution in [0.15, 0.2) is 35.1 Å². The Morgan fingerprint density at radius 1 is 1.32 bits per heavy atom. The fourth-order valence-corrected chi connectivity index (χ4v) is 1.86. The summed E-state index contributed by atoms with van der Waals surface area (Å²) in [6.07, 6.45) is 3.41. The van der Waals surface area contributed by atoms with Crippen molar-refractivity contribution in [2.75, 3.05) is 0 Å². The summed E-state index contributed by atoms with van der Waals surface area (Å²) in [7, 11) is 0. The highest BCUT2D eigenvalue weighted by atomic mass is 19.1. The second-order valence-corrected chi connectivity index (χ2v) is 4.36. The number of halogens is 1. The summed E-state index contributed by atoms with van der Waals surface area (Å²) < 4.78 is 13.8. The summed E-state index contributed by atoms with van der Waals surface area (Å²) in [6, 6.07) is 2.91. The van der Waals surface area contributed by atoms with Gasteiger partial charge in [0.2, 0.25) is 0 Å². The van der Waals surface area contributed by atoms with E-state index in [4.69, 9.17) is 5.53 Å². The first-order valence-electron chi connectivity index (χ1n) is 5.94. The van der Waals surface area contributed by atoms with Gasteiger partial charge in [0.15, 0.2) is 5.78 Å². The highest BCUT2D eigenvalue weighted by Gasteiger charge is 2.11. The first-order valence-corrected chi connectivity index (χ1v) is 5.94. The van der Waals surface area contributed by atoms with E-state index in [0.29, 0.717) is 11.3 Å². The van der Waals surface area contributed by atoms with Gasteiger partial charge in [0, 0.05) is 0 Å². The molecule has 0 fully saturated rings. The molecule has 0 amide bonds. The van der Waals surface area contributed by atoms with Gasteiger partial charge in [-0.25, -0.2) is 9.92 Å². The van der Waals surface area contributed by atoms with Gasteiger partial charge in [-0.2, -0.15) is 5.11 Å². The second-order valence-electron chi connectivity index (χ2n) is 4.36. The Bertz CT molecular complexity index is 586. The number of ketones is 1. The van der Waals surface area contributed by atoms with Gasteiger partial charge in [-0.1, -0.05) is 6.08 Å². The van der Waals surface area contributed by atoms with Crippen molar-refractivity contribution in [3.8, 4) is 0 Å². The fraction of sp³-hybridized carbons (Fsp3) is 0.267. The van der Waals surface area contributed by atoms with E-state index in [9.17, 15) is 9.18 Å². The molecule has 19 heavy (non-hydrogen) atoms. The minimum Gasteiger partial charge on any atom is -0.294 e. The topological polar surface area (TPSA) is 53.3 Å². The molecule has 0 aliphatic rings. The number of aryl methyl sites for hydroxylation is 1. The van der Waals surface area contributed by atoms with Crippen LogP contribution in [0, 0.1) is 18.3 Å². The zero-order valence-electron chi connectivity index (χ0n) is 11.5. The molecule has 0 aromatic heterocycles. The Kier molecular flexibility index (Phi) is 4.87. The maximum Gasteiger partial charge on any atom is 0.162 e. The van der Waals surface area contributed by atoms with E-state index in [2.05, 4.69) is 5.11 Å². The van der Waals surface area contributed by atoms with Gasteiger partial charge in [-0.05, 0) is 62.6 Å². The molecule has 0 spiro atoms. The van der Waals surface area contributed by atoms with Crippen molar-refractivity contribution in [3.63, 3.8) is 0 Å². The van der Waals surface area contributed by atoms with Crippen molar-refractivity contribution in [1.29, 1.82) is 5.53 Å². The third kappa shape index (κ3) is 3.44. The number of nitrogens with one attached hydrogen (secondary N) is 1. The van der Waals surface area contributed by atoms with Gasteiger partial charge >= 0.3 is 0 Å². The first-order chi connectivity index (χ1) is 8.90. The number of benzene rings is 1. The van der Waals surface area contributed by atoms with Crippen LogP contribution >= 0.6 is 0 Å². The second kappa shape index (κ2) is 6.18. The molecule has 1 aromatic rings. The van der Waals surface area contributed by atoms with Crippen LogP contribution in [0.1, 0.15) is 42.3 Å². The molecule has 0 saturated carbocycles. The minimum absolute atomic E-state index is 0.102. The molecular weight excluding hydrogens is 243 g/mol. The average Bonchev–Trinajstić information content (AvgIpc) is 2.37. The van der Waals surface area contributed by atoms with Crippen LogP contribution < -0.4 is 0 Å². The highest BCUT2D eigenvalue weighted by molar-refractivity contribution is 5.95. The molecule has 0 unspecified atom stereocenters. The molecule has 0 aliphatic carbocycles. The Labute approximate surface area is 112 Å². The molecule has 1 aromatic carbocycles. The lowest BCUT2D eigenvalue weighted by molar-refractivity contribution is 0.101. The van der Waals surface area contributed by atoms with Crippen LogP contribution in [-0.4, -0.2) is 5.78 Å². The number of allylic oxidation sites excluding steroid dienone is 3. The van der Waals surface area contributed by atoms with Gasteiger partial charge in [0.05, 0.1) is 11.3 Å². The van der Waals surface area contributed by atoms with E-state index in [1.54, 1.807) is 25.1 Å². The number of hydrogen-bond donors (Lipinski definition) is 1. The number of carbonyl (C=O) groups excluding carboxylic acids is 1. The van der Waals surface area contributed by atoms with Crippen LogP contribution in [0.5, 0.6) is 0 Å². The molecule has 1 N–H and O–H groups in total. The molecule has 0 heterocycles. The zero-order valence-corrected chi connectivity index (χ0v) is 11.5. The predicted octanol–water partition coefficient (Wildman–Crippen LogP) is 4.67. The van der Waals surface area contributed by atoms with E-state index in [-0.39, 0.29) is 11.3 Å². The molecule has 0 aliphatic heterocycles. The molecule has 0 bridgehead atoms. The Morgan fingerprint density at radius 3 is 2.42 bits per heavy atom. The standard InChI is InChI=1S/C15H17FN2O/c1-5-12(18-17)6-9(2)13-8-15(16)14(11(4)19)7-10(13)3/h5-8,17H,1-4H3/b9-6+,12-5-,18-17?. The molecule has 0 saturated heterocycles. The van der Waals surface area contributed by atoms with Crippen molar-refractivity contribution in [1.82, 2.24) is 0 Å². The molecule has 100 valence electrons. The lowest BCUT2D eigenvalue weighted by Crippen LogP contribution is -2.00. The molecule has 0 atom stereocenters. The van der Waals surface area contributed by atoms with Crippen LogP contribution in [0.4, 0.5) is 4.39 Å². The Balaban J connectivity index is 3.33. The van der Waals surface area contributed by atoms with E-state index >= 15 is 0 Å². The van der Waals surface area contributed by atoms with Gasteiger partial charge in [-0.15, -0.1) is 0 Å². The molecule has 0 radical (unpaired) electrons. The summed E-state index contributed by atoms with van der Waals surface area (Å²) >= 11 is 0. The zero-order chi connectivity index (χ0) is 14.6. The first kappa shape index (κ1) is 15.0. The van der Waals surface area contributed by atoms with Crippen molar-refractivity contribution < 1.29 is 9.18 Å². The van der Waals surface area contributed by atoms with E-state index in [1.165, 1.54) is 13.0 Å². The number of hydrogen-bond acceptors (Lipinski definition) is 3. The highest BCUT2D eigenvalue weighted by Crippen LogP contribution is 2.24. The maximum absolute atomic E-state index is 13.8. The summed E-state index contributed by atoms with van der Waals surface area (Å²) in [6.45, 7) is 6.77. The van der Waals surface area contributed by atoms with E-state index < -0.39 is 5.82 Å². The quantitative estimate of drug-likeness (QED) is 0.477. The number of Topliss-reactive ketones (excluding diaryl/α,β-unsaturated/α-hetero) is 1. The third-order valence-corrected chi connectivity index (χ3v) is 2.91. The van der Waals surface area contributed by atoms with Crippen molar-refractivity contribution in [3.05, 3.63) is 52.5 Å². The lowest BCUT2D eigenvalue weighted by Gasteiger charge is -2.09. The van der Waals surface area contributed by atoms with Gasteiger partial charge in [0.25, 0.3) is 0 Å². The largest absolute Gasteiger partial charge is 0.294 e. The lowest BCUT2D eigenvalue weighted by atomic mass is 9.97.